The zero-order valence-corrected chi connectivity index (χ0v) is 15.2. The van der Waals surface area contributed by atoms with Gasteiger partial charge >= 0.3 is 0 Å². The first kappa shape index (κ1) is 18.0. The molecule has 2 rings (SSSR count). The summed E-state index contributed by atoms with van der Waals surface area (Å²) in [5, 5.41) is 20.4. The van der Waals surface area contributed by atoms with Crippen molar-refractivity contribution in [3.63, 3.8) is 0 Å². The van der Waals surface area contributed by atoms with Crippen molar-refractivity contribution in [3.05, 3.63) is 52.1 Å². The number of nitriles is 1. The molecule has 0 spiro atoms. The Morgan fingerprint density at radius 2 is 2.25 bits per heavy atom. The predicted molar refractivity (Wildman–Crippen MR) is 103 cm³/mol. The molecule has 1 aliphatic heterocycles. The second-order valence-corrected chi connectivity index (χ2v) is 6.98. The third-order valence-electron chi connectivity index (χ3n) is 4.24. The monoisotopic (exact) mass is 340 g/mol. The van der Waals surface area contributed by atoms with Crippen LogP contribution in [0, 0.1) is 16.7 Å². The van der Waals surface area contributed by atoms with Crippen LogP contribution in [0.4, 0.5) is 5.00 Å². The maximum Gasteiger partial charge on any atom is 0.107 e. The summed E-state index contributed by atoms with van der Waals surface area (Å²) in [6, 6.07) is 2.34. The highest BCUT2D eigenvalue weighted by Crippen LogP contribution is 2.37. The molecule has 1 aromatic heterocycles. The van der Waals surface area contributed by atoms with Crippen molar-refractivity contribution >= 4 is 22.6 Å². The smallest absolute Gasteiger partial charge is 0.107 e. The minimum Gasteiger partial charge on any atom is -0.379 e. The summed E-state index contributed by atoms with van der Waals surface area (Å²) >= 11 is 1.69. The fraction of sp³-hybridized carbons (Fsp3) is 0.368. The van der Waals surface area contributed by atoms with Gasteiger partial charge in [-0.2, -0.15) is 5.26 Å². The van der Waals surface area contributed by atoms with Crippen molar-refractivity contribution in [2.24, 2.45) is 0 Å². The molecule has 0 saturated heterocycles. The average molecular weight is 340 g/mol. The number of hydrogen-bond acceptors (Lipinski definition) is 5. The van der Waals surface area contributed by atoms with Crippen molar-refractivity contribution in [3.8, 4) is 6.07 Å². The van der Waals surface area contributed by atoms with Crippen molar-refractivity contribution in [2.75, 3.05) is 18.9 Å². The second kappa shape index (κ2) is 8.51. The lowest BCUT2D eigenvalue weighted by Gasteiger charge is -2.30. The Morgan fingerprint density at radius 1 is 1.46 bits per heavy atom. The van der Waals surface area contributed by atoms with Crippen LogP contribution in [0.5, 0.6) is 0 Å². The fourth-order valence-corrected chi connectivity index (χ4v) is 3.99. The van der Waals surface area contributed by atoms with Gasteiger partial charge in [0.25, 0.3) is 0 Å². The average Bonchev–Trinajstić information content (AvgIpc) is 2.96. The van der Waals surface area contributed by atoms with Crippen molar-refractivity contribution in [1.29, 1.82) is 10.7 Å². The summed E-state index contributed by atoms with van der Waals surface area (Å²) in [6.45, 7) is 8.14. The molecule has 24 heavy (non-hydrogen) atoms. The van der Waals surface area contributed by atoms with Gasteiger partial charge in [0.05, 0.1) is 12.1 Å². The number of allylic oxidation sites excluding steroid dienone is 5. The van der Waals surface area contributed by atoms with Crippen LogP contribution in [0.3, 0.4) is 0 Å². The van der Waals surface area contributed by atoms with Gasteiger partial charge in [0.1, 0.15) is 11.1 Å². The minimum absolute atomic E-state index is 0.819. The van der Waals surface area contributed by atoms with Gasteiger partial charge in [-0.25, -0.2) is 0 Å². The Hall–Kier alpha value is -2.32. The summed E-state index contributed by atoms with van der Waals surface area (Å²) in [4.78, 5) is 3.62. The Kier molecular flexibility index (Phi) is 6.39. The molecule has 1 aliphatic rings. The van der Waals surface area contributed by atoms with Crippen molar-refractivity contribution in [2.45, 2.75) is 32.7 Å². The molecule has 0 amide bonds. The fourth-order valence-electron chi connectivity index (χ4n) is 2.83. The lowest BCUT2D eigenvalue weighted by Crippen LogP contribution is -2.28. The third kappa shape index (κ3) is 4.15. The van der Waals surface area contributed by atoms with Crippen LogP contribution >= 0.6 is 11.3 Å². The molecule has 1 aromatic rings. The summed E-state index contributed by atoms with van der Waals surface area (Å²) < 4.78 is 0. The Labute approximate surface area is 148 Å². The maximum atomic E-state index is 9.36. The molecule has 126 valence electrons. The van der Waals surface area contributed by atoms with Gasteiger partial charge in [-0.1, -0.05) is 24.3 Å². The van der Waals surface area contributed by atoms with Gasteiger partial charge in [-0.05, 0) is 37.8 Å². The first-order valence-corrected chi connectivity index (χ1v) is 8.90. The lowest BCUT2D eigenvalue weighted by molar-refractivity contribution is 0.316. The third-order valence-corrected chi connectivity index (χ3v) is 5.47. The molecule has 0 radical (unpaired) electrons. The number of thiophene rings is 1. The van der Waals surface area contributed by atoms with Gasteiger partial charge in [-0.3, -0.25) is 0 Å². The summed E-state index contributed by atoms with van der Waals surface area (Å²) in [5.74, 6) is 0. The first-order valence-electron chi connectivity index (χ1n) is 8.08. The molecule has 2 heterocycles. The van der Waals surface area contributed by atoms with E-state index in [9.17, 15) is 5.26 Å². The molecule has 4 nitrogen and oxygen atoms in total. The predicted octanol–water partition coefficient (Wildman–Crippen LogP) is 4.47. The number of hydrogen-bond donors (Lipinski definition) is 2. The number of anilines is 1. The van der Waals surface area contributed by atoms with E-state index in [0.717, 1.165) is 48.6 Å². The van der Waals surface area contributed by atoms with Crippen LogP contribution in [0.15, 0.2) is 36.1 Å². The molecule has 0 aromatic carbocycles. The van der Waals surface area contributed by atoms with E-state index in [1.165, 1.54) is 22.2 Å². The van der Waals surface area contributed by atoms with Gasteiger partial charge in [0, 0.05) is 30.4 Å². The highest BCUT2D eigenvalue weighted by atomic mass is 32.1. The van der Waals surface area contributed by atoms with Crippen LogP contribution in [-0.2, 0) is 13.0 Å². The summed E-state index contributed by atoms with van der Waals surface area (Å²) in [5.41, 5.74) is 4.47. The highest BCUT2D eigenvalue weighted by Gasteiger charge is 2.24. The van der Waals surface area contributed by atoms with E-state index in [-0.39, 0.29) is 0 Å². The summed E-state index contributed by atoms with van der Waals surface area (Å²) in [7, 11) is 1.87. The standard InChI is InChI=1S/C19H24N4S/c1-14(6-4-5-10-20)7-8-15(2)23-11-9-16-17(12-21)19(22-3)24-18(16)13-23/h4-6,10,20,22H,2,7-9,11,13H2,1,3H3/b5-4-,14-6+,20-10?. The van der Waals surface area contributed by atoms with Crippen LogP contribution in [-0.4, -0.2) is 24.7 Å². The quantitative estimate of drug-likeness (QED) is 0.569. The van der Waals surface area contributed by atoms with Crippen LogP contribution in [0.1, 0.15) is 35.8 Å². The van der Waals surface area contributed by atoms with E-state index in [1.54, 1.807) is 17.4 Å². The molecule has 2 N–H and O–H groups in total. The van der Waals surface area contributed by atoms with Crippen molar-refractivity contribution in [1.82, 2.24) is 4.90 Å². The van der Waals surface area contributed by atoms with Gasteiger partial charge in [0.15, 0.2) is 0 Å². The number of fused-ring (bicyclic) bond motifs is 1. The van der Waals surface area contributed by atoms with Gasteiger partial charge in [-0.15, -0.1) is 11.3 Å². The molecule has 0 atom stereocenters. The minimum atomic E-state index is 0.819. The maximum absolute atomic E-state index is 9.36. The Balaban J connectivity index is 1.98. The molecular weight excluding hydrogens is 316 g/mol. The van der Waals surface area contributed by atoms with Crippen molar-refractivity contribution < 1.29 is 0 Å². The molecule has 5 heteroatoms. The van der Waals surface area contributed by atoms with Crippen LogP contribution in [0.2, 0.25) is 0 Å². The van der Waals surface area contributed by atoms with E-state index in [2.05, 4.69) is 29.8 Å². The molecule has 0 bridgehead atoms. The van der Waals surface area contributed by atoms with E-state index in [4.69, 9.17) is 5.41 Å². The van der Waals surface area contributed by atoms with E-state index < -0.39 is 0 Å². The van der Waals surface area contributed by atoms with Crippen LogP contribution < -0.4 is 5.32 Å². The molecule has 0 unspecified atom stereocenters. The Bertz CT molecular complexity index is 718. The largest absolute Gasteiger partial charge is 0.379 e. The molecule has 0 saturated carbocycles. The molecule has 0 fully saturated rings. The number of rotatable bonds is 7. The van der Waals surface area contributed by atoms with E-state index >= 15 is 0 Å². The first-order chi connectivity index (χ1) is 11.6. The molecular formula is C19H24N4S. The second-order valence-electron chi connectivity index (χ2n) is 5.87. The highest BCUT2D eigenvalue weighted by molar-refractivity contribution is 7.16. The zero-order chi connectivity index (χ0) is 17.5. The number of nitrogens with zero attached hydrogens (tertiary/aromatic N) is 2. The van der Waals surface area contributed by atoms with E-state index in [0.29, 0.717) is 0 Å². The Morgan fingerprint density at radius 3 is 2.92 bits per heavy atom. The van der Waals surface area contributed by atoms with Gasteiger partial charge in [0.2, 0.25) is 0 Å². The lowest BCUT2D eigenvalue weighted by atomic mass is 10.0. The normalized spacial score (nSPS) is 14.4. The number of nitrogens with one attached hydrogen (secondary N) is 2. The van der Waals surface area contributed by atoms with E-state index in [1.807, 2.05) is 19.2 Å². The van der Waals surface area contributed by atoms with Gasteiger partial charge < -0.3 is 15.6 Å². The molecule has 0 aliphatic carbocycles. The summed E-state index contributed by atoms with van der Waals surface area (Å²) in [6.07, 6.45) is 9.76. The SMILES string of the molecule is C=C(CC/C(C)=C/C=C\C=N)N1CCc2c(sc(NC)c2C#N)C1. The zero-order valence-electron chi connectivity index (χ0n) is 14.4. The topological polar surface area (TPSA) is 62.9 Å². The van der Waals surface area contributed by atoms with Crippen LogP contribution in [0.25, 0.3) is 0 Å².